The lowest BCUT2D eigenvalue weighted by atomic mass is 9.99. The molecule has 4 aromatic rings. The van der Waals surface area contributed by atoms with Crippen LogP contribution in [-0.4, -0.2) is 16.1 Å². The van der Waals surface area contributed by atoms with E-state index in [4.69, 9.17) is 4.42 Å². The van der Waals surface area contributed by atoms with Crippen molar-refractivity contribution in [1.82, 2.24) is 10.2 Å². The molecule has 0 N–H and O–H groups in total. The Balaban J connectivity index is 1.73. The first kappa shape index (κ1) is 19.6. The van der Waals surface area contributed by atoms with E-state index in [1.54, 1.807) is 36.4 Å². The van der Waals surface area contributed by atoms with Crippen molar-refractivity contribution in [2.24, 2.45) is 5.92 Å². The van der Waals surface area contributed by atoms with Gasteiger partial charge in [0, 0.05) is 6.42 Å². The molecule has 5 rings (SSSR count). The topological polar surface area (TPSA) is 76.3 Å². The van der Waals surface area contributed by atoms with Crippen molar-refractivity contribution in [2.45, 2.75) is 26.3 Å². The van der Waals surface area contributed by atoms with Gasteiger partial charge in [-0.25, -0.2) is 4.39 Å². The predicted molar refractivity (Wildman–Crippen MR) is 116 cm³/mol. The second kappa shape index (κ2) is 7.39. The first-order valence-electron chi connectivity index (χ1n) is 9.91. The highest BCUT2D eigenvalue weighted by molar-refractivity contribution is 7.15. The number of rotatable bonds is 4. The van der Waals surface area contributed by atoms with Crippen LogP contribution in [0.25, 0.3) is 11.0 Å². The molecule has 0 saturated carbocycles. The molecule has 0 spiro atoms. The minimum atomic E-state index is -0.774. The zero-order valence-corrected chi connectivity index (χ0v) is 17.6. The quantitative estimate of drug-likeness (QED) is 0.463. The summed E-state index contributed by atoms with van der Waals surface area (Å²) in [5.74, 6) is -0.493. The molecule has 0 radical (unpaired) electrons. The molecule has 3 heterocycles. The number of para-hydroxylation sites is 1. The average Bonchev–Trinajstić information content (AvgIpc) is 3.31. The molecule has 0 bridgehead atoms. The fourth-order valence-corrected chi connectivity index (χ4v) is 4.93. The largest absolute Gasteiger partial charge is 0.450 e. The zero-order valence-electron chi connectivity index (χ0n) is 16.8. The van der Waals surface area contributed by atoms with E-state index in [2.05, 4.69) is 24.0 Å². The second-order valence-corrected chi connectivity index (χ2v) is 8.92. The molecular weight excluding hydrogens is 417 g/mol. The van der Waals surface area contributed by atoms with Crippen molar-refractivity contribution >= 4 is 33.3 Å². The van der Waals surface area contributed by atoms with Gasteiger partial charge in [-0.05, 0) is 35.7 Å². The third-order valence-corrected chi connectivity index (χ3v) is 6.15. The fraction of sp³-hybridized carbons (Fsp3) is 0.217. The standard InChI is InChI=1S/C23H18FN3O3S/c1-12(2)11-17-25-26-23(31-17)27-19(13-7-9-14(24)10-8-13)18-20(28)15-5-3-4-6-16(15)30-21(18)22(27)29/h3-10,12,19H,11H2,1-2H3/t19-/m1/s1. The van der Waals surface area contributed by atoms with Gasteiger partial charge >= 0.3 is 0 Å². The second-order valence-electron chi connectivity index (χ2n) is 7.88. The Morgan fingerprint density at radius 2 is 1.84 bits per heavy atom. The summed E-state index contributed by atoms with van der Waals surface area (Å²) >= 11 is 1.31. The summed E-state index contributed by atoms with van der Waals surface area (Å²) in [6.45, 7) is 4.15. The van der Waals surface area contributed by atoms with Crippen LogP contribution in [0.5, 0.6) is 0 Å². The van der Waals surface area contributed by atoms with Gasteiger partial charge in [0.15, 0.2) is 5.43 Å². The van der Waals surface area contributed by atoms with E-state index < -0.39 is 17.8 Å². The molecule has 2 aromatic carbocycles. The van der Waals surface area contributed by atoms with Crippen LogP contribution in [0.1, 0.15) is 46.6 Å². The van der Waals surface area contributed by atoms with Gasteiger partial charge in [-0.3, -0.25) is 14.5 Å². The lowest BCUT2D eigenvalue weighted by molar-refractivity contribution is 0.0970. The highest BCUT2D eigenvalue weighted by Gasteiger charge is 2.45. The van der Waals surface area contributed by atoms with Gasteiger partial charge in [0.05, 0.1) is 17.0 Å². The monoisotopic (exact) mass is 435 g/mol. The van der Waals surface area contributed by atoms with E-state index in [-0.39, 0.29) is 16.8 Å². The summed E-state index contributed by atoms with van der Waals surface area (Å²) in [7, 11) is 0. The number of carbonyl (C=O) groups excluding carboxylic acids is 1. The summed E-state index contributed by atoms with van der Waals surface area (Å²) in [6, 6.07) is 11.8. The molecule has 156 valence electrons. The summed E-state index contributed by atoms with van der Waals surface area (Å²) in [5.41, 5.74) is 0.888. The number of aromatic nitrogens is 2. The normalized spacial score (nSPS) is 15.8. The first-order valence-corrected chi connectivity index (χ1v) is 10.7. The average molecular weight is 435 g/mol. The number of nitrogens with zero attached hydrogens (tertiary/aromatic N) is 3. The molecule has 1 amide bonds. The SMILES string of the molecule is CC(C)Cc1nnc(N2C(=O)c3oc4ccccc4c(=O)c3[C@H]2c2ccc(F)cc2)s1. The van der Waals surface area contributed by atoms with Crippen LogP contribution in [0, 0.1) is 11.7 Å². The highest BCUT2D eigenvalue weighted by atomic mass is 32.1. The summed E-state index contributed by atoms with van der Waals surface area (Å²) in [5, 5.41) is 10.0. The van der Waals surface area contributed by atoms with Crippen LogP contribution in [0.4, 0.5) is 9.52 Å². The smallest absolute Gasteiger partial charge is 0.297 e. The number of halogens is 1. The van der Waals surface area contributed by atoms with Crippen LogP contribution in [0.3, 0.4) is 0 Å². The number of fused-ring (bicyclic) bond motifs is 2. The third kappa shape index (κ3) is 3.23. The van der Waals surface area contributed by atoms with E-state index in [9.17, 15) is 14.0 Å². The Hall–Kier alpha value is -3.39. The van der Waals surface area contributed by atoms with Crippen molar-refractivity contribution in [3.63, 3.8) is 0 Å². The Labute approximate surface area is 181 Å². The van der Waals surface area contributed by atoms with E-state index in [0.717, 1.165) is 11.4 Å². The van der Waals surface area contributed by atoms with Gasteiger partial charge in [-0.1, -0.05) is 49.4 Å². The molecular formula is C23H18FN3O3S. The van der Waals surface area contributed by atoms with Gasteiger partial charge in [0.25, 0.3) is 5.91 Å². The Bertz CT molecular complexity index is 1360. The molecule has 1 aliphatic heterocycles. The Kier molecular flexibility index (Phi) is 4.66. The van der Waals surface area contributed by atoms with Crippen molar-refractivity contribution < 1.29 is 13.6 Å². The predicted octanol–water partition coefficient (Wildman–Crippen LogP) is 4.73. The molecule has 0 saturated heterocycles. The molecule has 6 nitrogen and oxygen atoms in total. The third-order valence-electron chi connectivity index (χ3n) is 5.21. The highest BCUT2D eigenvalue weighted by Crippen LogP contribution is 2.42. The maximum atomic E-state index is 13.6. The van der Waals surface area contributed by atoms with E-state index in [1.807, 2.05) is 0 Å². The first-order chi connectivity index (χ1) is 14.9. The lowest BCUT2D eigenvalue weighted by Gasteiger charge is -2.22. The Morgan fingerprint density at radius 3 is 2.58 bits per heavy atom. The minimum Gasteiger partial charge on any atom is -0.450 e. The fourth-order valence-electron chi connectivity index (χ4n) is 3.85. The lowest BCUT2D eigenvalue weighted by Crippen LogP contribution is -2.29. The van der Waals surface area contributed by atoms with Crippen molar-refractivity contribution in [2.75, 3.05) is 4.90 Å². The summed E-state index contributed by atoms with van der Waals surface area (Å²) in [6.07, 6.45) is 0.731. The molecule has 1 atom stereocenters. The summed E-state index contributed by atoms with van der Waals surface area (Å²) < 4.78 is 19.5. The van der Waals surface area contributed by atoms with Crippen LogP contribution < -0.4 is 10.3 Å². The van der Waals surface area contributed by atoms with Crippen LogP contribution >= 0.6 is 11.3 Å². The van der Waals surface area contributed by atoms with Crippen LogP contribution in [0.2, 0.25) is 0 Å². The number of hydrogen-bond donors (Lipinski definition) is 0. The van der Waals surface area contributed by atoms with E-state index >= 15 is 0 Å². The molecule has 2 aromatic heterocycles. The van der Waals surface area contributed by atoms with Crippen molar-refractivity contribution in [3.8, 4) is 0 Å². The van der Waals surface area contributed by atoms with Crippen LogP contribution in [0.15, 0.2) is 57.7 Å². The molecule has 0 fully saturated rings. The number of benzene rings is 2. The minimum absolute atomic E-state index is 0.0152. The van der Waals surface area contributed by atoms with Gasteiger partial charge in [-0.2, -0.15) is 0 Å². The number of amides is 1. The van der Waals surface area contributed by atoms with Crippen molar-refractivity contribution in [1.29, 1.82) is 0 Å². The number of carbonyl (C=O) groups is 1. The molecule has 1 aliphatic rings. The van der Waals surface area contributed by atoms with E-state index in [1.165, 1.54) is 28.4 Å². The Morgan fingerprint density at radius 1 is 1.10 bits per heavy atom. The van der Waals surface area contributed by atoms with Gasteiger partial charge < -0.3 is 4.42 Å². The molecule has 0 unspecified atom stereocenters. The van der Waals surface area contributed by atoms with Crippen molar-refractivity contribution in [3.05, 3.63) is 86.5 Å². The van der Waals surface area contributed by atoms with Gasteiger partial charge in [0.2, 0.25) is 10.9 Å². The molecule has 31 heavy (non-hydrogen) atoms. The molecule has 0 aliphatic carbocycles. The van der Waals surface area contributed by atoms with Gasteiger partial charge in [0.1, 0.15) is 16.4 Å². The maximum Gasteiger partial charge on any atom is 0.297 e. The molecule has 8 heteroatoms. The number of hydrogen-bond acceptors (Lipinski definition) is 6. The number of anilines is 1. The van der Waals surface area contributed by atoms with Gasteiger partial charge in [-0.15, -0.1) is 10.2 Å². The van der Waals surface area contributed by atoms with Crippen LogP contribution in [-0.2, 0) is 6.42 Å². The summed E-state index contributed by atoms with van der Waals surface area (Å²) in [4.78, 5) is 28.3. The maximum absolute atomic E-state index is 13.6. The zero-order chi connectivity index (χ0) is 21.7. The van der Waals surface area contributed by atoms with E-state index in [0.29, 0.717) is 27.6 Å².